The highest BCUT2D eigenvalue weighted by Crippen LogP contribution is 2.08. The Balaban J connectivity index is 0.00000364. The first kappa shape index (κ1) is 24.1. The molecule has 10 heteroatoms. The zero-order valence-electron chi connectivity index (χ0n) is 15.7. The molecule has 0 atom stereocenters. The van der Waals surface area contributed by atoms with E-state index in [1.54, 1.807) is 6.07 Å². The number of sulfonamides is 1. The smallest absolute Gasteiger partial charge is 0.216 e. The second-order valence-corrected chi connectivity index (χ2v) is 8.14. The van der Waals surface area contributed by atoms with Crippen LogP contribution in [0.3, 0.4) is 0 Å². The number of guanidine groups is 1. The number of aliphatic imine (C=N–C) groups is 1. The van der Waals surface area contributed by atoms with Gasteiger partial charge in [-0.25, -0.2) is 12.8 Å². The van der Waals surface area contributed by atoms with Gasteiger partial charge in [0.25, 0.3) is 0 Å². The molecule has 0 saturated carbocycles. The average Bonchev–Trinajstić information content (AvgIpc) is 2.61. The highest BCUT2D eigenvalue weighted by atomic mass is 127. The summed E-state index contributed by atoms with van der Waals surface area (Å²) in [6, 6.07) is 6.38. The van der Waals surface area contributed by atoms with Gasteiger partial charge >= 0.3 is 0 Å². The van der Waals surface area contributed by atoms with Crippen LogP contribution in [-0.2, 0) is 21.3 Å². The number of benzene rings is 1. The lowest BCUT2D eigenvalue weighted by Gasteiger charge is -2.26. The molecule has 1 aliphatic rings. The number of morpholine rings is 1. The minimum atomic E-state index is -3.33. The number of hydrogen-bond acceptors (Lipinski definition) is 4. The summed E-state index contributed by atoms with van der Waals surface area (Å²) in [5.74, 6) is 0.263. The van der Waals surface area contributed by atoms with E-state index in [2.05, 4.69) is 10.3 Å². The van der Waals surface area contributed by atoms with E-state index in [4.69, 9.17) is 4.74 Å². The summed E-state index contributed by atoms with van der Waals surface area (Å²) in [7, 11) is -1.50. The van der Waals surface area contributed by atoms with Crippen molar-refractivity contribution in [3.63, 3.8) is 0 Å². The predicted molar refractivity (Wildman–Crippen MR) is 115 cm³/mol. The van der Waals surface area contributed by atoms with E-state index in [-0.39, 0.29) is 42.1 Å². The highest BCUT2D eigenvalue weighted by Gasteiger charge is 2.23. The SMILES string of the molecule is CCNC(=NCCS(=O)(=O)N1CCOCC1)N(C)Cc1cccc(F)c1.I. The Morgan fingerprint density at radius 1 is 1.37 bits per heavy atom. The van der Waals surface area contributed by atoms with Crippen LogP contribution < -0.4 is 5.32 Å². The molecule has 0 bridgehead atoms. The van der Waals surface area contributed by atoms with Crippen molar-refractivity contribution in [1.29, 1.82) is 0 Å². The Kier molecular flexibility index (Phi) is 10.5. The second kappa shape index (κ2) is 11.8. The van der Waals surface area contributed by atoms with Crippen molar-refractivity contribution >= 4 is 40.0 Å². The van der Waals surface area contributed by atoms with Crippen molar-refractivity contribution in [1.82, 2.24) is 14.5 Å². The summed E-state index contributed by atoms with van der Waals surface area (Å²) in [5.41, 5.74) is 0.819. The molecule has 2 rings (SSSR count). The monoisotopic (exact) mass is 514 g/mol. The fourth-order valence-corrected chi connectivity index (χ4v) is 3.96. The highest BCUT2D eigenvalue weighted by molar-refractivity contribution is 14.0. The van der Waals surface area contributed by atoms with Crippen LogP contribution in [0.1, 0.15) is 12.5 Å². The molecule has 0 spiro atoms. The molecule has 1 saturated heterocycles. The Hall–Kier alpha value is -0.980. The fourth-order valence-electron chi connectivity index (χ4n) is 2.67. The molecule has 0 aliphatic carbocycles. The van der Waals surface area contributed by atoms with Crippen LogP contribution in [-0.4, -0.2) is 75.8 Å². The zero-order chi connectivity index (χ0) is 19.0. The minimum Gasteiger partial charge on any atom is -0.379 e. The lowest BCUT2D eigenvalue weighted by atomic mass is 10.2. The normalized spacial score (nSPS) is 15.9. The van der Waals surface area contributed by atoms with Crippen molar-refractivity contribution in [2.45, 2.75) is 13.5 Å². The van der Waals surface area contributed by atoms with Gasteiger partial charge in [0.05, 0.1) is 25.5 Å². The number of nitrogens with zero attached hydrogens (tertiary/aromatic N) is 3. The molecule has 0 amide bonds. The van der Waals surface area contributed by atoms with E-state index >= 15 is 0 Å². The van der Waals surface area contributed by atoms with Gasteiger partial charge in [-0.3, -0.25) is 4.99 Å². The average molecular weight is 514 g/mol. The van der Waals surface area contributed by atoms with Crippen LogP contribution in [0.4, 0.5) is 4.39 Å². The van der Waals surface area contributed by atoms with Crippen molar-refractivity contribution < 1.29 is 17.5 Å². The van der Waals surface area contributed by atoms with Crippen molar-refractivity contribution in [3.8, 4) is 0 Å². The van der Waals surface area contributed by atoms with Gasteiger partial charge in [-0.15, -0.1) is 24.0 Å². The number of hydrogen-bond donors (Lipinski definition) is 1. The third-order valence-electron chi connectivity index (χ3n) is 3.98. The van der Waals surface area contributed by atoms with Crippen LogP contribution >= 0.6 is 24.0 Å². The topological polar surface area (TPSA) is 74.2 Å². The molecule has 0 radical (unpaired) electrons. The maximum atomic E-state index is 13.3. The summed E-state index contributed by atoms with van der Waals surface area (Å²) in [4.78, 5) is 6.26. The van der Waals surface area contributed by atoms with Gasteiger partial charge in [0.15, 0.2) is 5.96 Å². The summed E-state index contributed by atoms with van der Waals surface area (Å²) in [5, 5.41) is 3.14. The minimum absolute atomic E-state index is 0. The fraction of sp³-hybridized carbons (Fsp3) is 0.588. The molecular weight excluding hydrogens is 486 g/mol. The van der Waals surface area contributed by atoms with Gasteiger partial charge < -0.3 is 15.0 Å². The van der Waals surface area contributed by atoms with E-state index in [0.29, 0.717) is 45.4 Å². The number of rotatable bonds is 7. The number of ether oxygens (including phenoxy) is 1. The lowest BCUT2D eigenvalue weighted by Crippen LogP contribution is -2.42. The first-order valence-corrected chi connectivity index (χ1v) is 10.3. The standard InChI is InChI=1S/C17H27FN4O3S.HI/c1-3-19-17(21(2)14-15-5-4-6-16(18)13-15)20-7-12-26(23,24)22-8-10-25-11-9-22;/h4-6,13H,3,7-12,14H2,1-2H3,(H,19,20);1H. The molecule has 27 heavy (non-hydrogen) atoms. The van der Waals surface area contributed by atoms with Crippen molar-refractivity contribution in [3.05, 3.63) is 35.6 Å². The Labute approximate surface area is 178 Å². The van der Waals surface area contributed by atoms with Gasteiger partial charge in [-0.2, -0.15) is 4.31 Å². The molecule has 1 aromatic rings. The zero-order valence-corrected chi connectivity index (χ0v) is 18.9. The molecular formula is C17H28FIN4O3S. The van der Waals surface area contributed by atoms with Gasteiger partial charge in [0, 0.05) is 33.2 Å². The Morgan fingerprint density at radius 2 is 2.07 bits per heavy atom. The van der Waals surface area contributed by atoms with E-state index in [0.717, 1.165) is 5.56 Å². The van der Waals surface area contributed by atoms with E-state index < -0.39 is 10.0 Å². The van der Waals surface area contributed by atoms with E-state index in [1.807, 2.05) is 24.9 Å². The predicted octanol–water partition coefficient (Wildman–Crippen LogP) is 1.50. The van der Waals surface area contributed by atoms with E-state index in [9.17, 15) is 12.8 Å². The molecule has 1 fully saturated rings. The van der Waals surface area contributed by atoms with Crippen LogP contribution in [0.2, 0.25) is 0 Å². The Bertz CT molecular complexity index is 712. The van der Waals surface area contributed by atoms with Gasteiger partial charge in [0.1, 0.15) is 5.82 Å². The van der Waals surface area contributed by atoms with Gasteiger partial charge in [-0.05, 0) is 24.6 Å². The van der Waals surface area contributed by atoms with Crippen LogP contribution in [0, 0.1) is 5.82 Å². The summed E-state index contributed by atoms with van der Waals surface area (Å²) < 4.78 is 44.7. The maximum absolute atomic E-state index is 13.3. The summed E-state index contributed by atoms with van der Waals surface area (Å²) in [6.45, 7) is 4.88. The number of nitrogens with one attached hydrogen (secondary N) is 1. The quantitative estimate of drug-likeness (QED) is 0.339. The maximum Gasteiger partial charge on any atom is 0.216 e. The van der Waals surface area contributed by atoms with Gasteiger partial charge in [0.2, 0.25) is 10.0 Å². The third kappa shape index (κ3) is 7.88. The largest absolute Gasteiger partial charge is 0.379 e. The molecule has 0 aromatic heterocycles. The molecule has 0 unspecified atom stereocenters. The first-order valence-electron chi connectivity index (χ1n) is 8.72. The Morgan fingerprint density at radius 3 is 2.70 bits per heavy atom. The summed E-state index contributed by atoms with van der Waals surface area (Å²) in [6.07, 6.45) is 0. The van der Waals surface area contributed by atoms with Crippen LogP contribution in [0.15, 0.2) is 29.3 Å². The van der Waals surface area contributed by atoms with Gasteiger partial charge in [-0.1, -0.05) is 12.1 Å². The molecule has 1 heterocycles. The van der Waals surface area contributed by atoms with Crippen LogP contribution in [0.5, 0.6) is 0 Å². The van der Waals surface area contributed by atoms with E-state index in [1.165, 1.54) is 16.4 Å². The molecule has 1 N–H and O–H groups in total. The second-order valence-electron chi connectivity index (χ2n) is 6.05. The van der Waals surface area contributed by atoms with Crippen LogP contribution in [0.25, 0.3) is 0 Å². The first-order chi connectivity index (χ1) is 12.4. The molecule has 7 nitrogen and oxygen atoms in total. The number of halogens is 2. The van der Waals surface area contributed by atoms with Crippen molar-refractivity contribution in [2.24, 2.45) is 4.99 Å². The van der Waals surface area contributed by atoms with Crippen molar-refractivity contribution in [2.75, 3.05) is 52.2 Å². The molecule has 1 aliphatic heterocycles. The molecule has 1 aromatic carbocycles. The lowest BCUT2D eigenvalue weighted by molar-refractivity contribution is 0.0731. The molecule has 154 valence electrons. The summed E-state index contributed by atoms with van der Waals surface area (Å²) >= 11 is 0. The third-order valence-corrected chi connectivity index (χ3v) is 5.83.